The number of carboxylic acids is 1. The van der Waals surface area contributed by atoms with Gasteiger partial charge in [-0.3, -0.25) is 9.59 Å². The number of sulfonamides is 1. The van der Waals surface area contributed by atoms with Crippen LogP contribution in [0.1, 0.15) is 13.8 Å². The van der Waals surface area contributed by atoms with Gasteiger partial charge in [-0.15, -0.1) is 0 Å². The number of fused-ring (bicyclic) bond motifs is 1. The first-order chi connectivity index (χ1) is 12.7. The average Bonchev–Trinajstić information content (AvgIpc) is 2.63. The van der Waals surface area contributed by atoms with Crippen LogP contribution in [0.15, 0.2) is 41.3 Å². The van der Waals surface area contributed by atoms with Crippen LogP contribution in [0.25, 0.3) is 10.8 Å². The van der Waals surface area contributed by atoms with Gasteiger partial charge in [0.25, 0.3) is 0 Å². The van der Waals surface area contributed by atoms with Crippen LogP contribution in [0.4, 0.5) is 0 Å². The molecule has 0 fully saturated rings. The summed E-state index contributed by atoms with van der Waals surface area (Å²) in [6.45, 7) is 2.42. The Bertz CT molecular complexity index is 957. The molecule has 0 aliphatic heterocycles. The van der Waals surface area contributed by atoms with Crippen molar-refractivity contribution in [3.05, 3.63) is 36.4 Å². The summed E-state index contributed by atoms with van der Waals surface area (Å²) in [6, 6.07) is 8.46. The molecule has 2 aromatic rings. The number of benzene rings is 2. The second-order valence-electron chi connectivity index (χ2n) is 5.92. The fraction of sp³-hybridized carbons (Fsp3) is 0.333. The molecule has 0 bridgehead atoms. The number of amides is 1. The molecule has 2 rings (SSSR count). The highest BCUT2D eigenvalue weighted by molar-refractivity contribution is 7.89. The predicted molar refractivity (Wildman–Crippen MR) is 100 cm³/mol. The number of methoxy groups -OCH3 is 1. The highest BCUT2D eigenvalue weighted by atomic mass is 32.2. The average molecular weight is 394 g/mol. The van der Waals surface area contributed by atoms with E-state index in [1.54, 1.807) is 24.3 Å². The first-order valence-corrected chi connectivity index (χ1v) is 9.69. The van der Waals surface area contributed by atoms with Crippen molar-refractivity contribution in [3.63, 3.8) is 0 Å². The second-order valence-corrected chi connectivity index (χ2v) is 7.78. The number of nitrogens with zero attached hydrogens (tertiary/aromatic N) is 1. The van der Waals surface area contributed by atoms with Crippen molar-refractivity contribution in [2.75, 3.05) is 20.2 Å². The smallest absolute Gasteiger partial charge is 0.321 e. The lowest BCUT2D eigenvalue weighted by atomic mass is 10.1. The number of nitrogens with one attached hydrogen (secondary N) is 1. The van der Waals surface area contributed by atoms with Crippen molar-refractivity contribution >= 4 is 32.7 Å². The van der Waals surface area contributed by atoms with E-state index in [-0.39, 0.29) is 23.9 Å². The van der Waals surface area contributed by atoms with E-state index in [9.17, 15) is 23.1 Å². The van der Waals surface area contributed by atoms with Gasteiger partial charge < -0.3 is 15.2 Å². The van der Waals surface area contributed by atoms with Gasteiger partial charge in [0, 0.05) is 30.8 Å². The maximum absolute atomic E-state index is 13.3. The highest BCUT2D eigenvalue weighted by Gasteiger charge is 2.34. The molecule has 0 aliphatic rings. The lowest BCUT2D eigenvalue weighted by molar-refractivity contribution is -0.140. The molecule has 2 aromatic carbocycles. The molecule has 2 N–H and O–H groups in total. The number of carboxylic acid groups (broad SMARTS) is 1. The molecule has 146 valence electrons. The SMILES string of the molecule is COc1ccc(S(=O)(=O)N(CCNC(C)=O)C(C)C(=O)O)c2ccccc12. The van der Waals surface area contributed by atoms with E-state index in [4.69, 9.17) is 4.74 Å². The Labute approximate surface area is 157 Å². The predicted octanol–water partition coefficient (Wildman–Crippen LogP) is 1.45. The van der Waals surface area contributed by atoms with Gasteiger partial charge in [-0.1, -0.05) is 24.3 Å². The minimum Gasteiger partial charge on any atom is -0.496 e. The van der Waals surface area contributed by atoms with Crippen LogP contribution in [0.5, 0.6) is 5.75 Å². The highest BCUT2D eigenvalue weighted by Crippen LogP contribution is 2.32. The van der Waals surface area contributed by atoms with Gasteiger partial charge in [0.1, 0.15) is 11.8 Å². The van der Waals surface area contributed by atoms with E-state index < -0.39 is 22.0 Å². The molecule has 27 heavy (non-hydrogen) atoms. The van der Waals surface area contributed by atoms with Gasteiger partial charge >= 0.3 is 5.97 Å². The summed E-state index contributed by atoms with van der Waals surface area (Å²) in [7, 11) is -2.66. The Morgan fingerprint density at radius 3 is 2.37 bits per heavy atom. The minimum absolute atomic E-state index is 0.000268. The molecule has 0 radical (unpaired) electrons. The summed E-state index contributed by atoms with van der Waals surface area (Å²) in [6.07, 6.45) is 0. The summed E-state index contributed by atoms with van der Waals surface area (Å²) >= 11 is 0. The molecule has 8 nitrogen and oxygen atoms in total. The van der Waals surface area contributed by atoms with E-state index in [1.807, 2.05) is 0 Å². The Kier molecular flexibility index (Phi) is 6.40. The van der Waals surface area contributed by atoms with Gasteiger partial charge in [0.15, 0.2) is 0 Å². The zero-order valence-corrected chi connectivity index (χ0v) is 16.1. The van der Waals surface area contributed by atoms with Crippen molar-refractivity contribution in [1.82, 2.24) is 9.62 Å². The van der Waals surface area contributed by atoms with E-state index in [0.717, 1.165) is 4.31 Å². The van der Waals surface area contributed by atoms with Crippen molar-refractivity contribution in [2.45, 2.75) is 24.8 Å². The van der Waals surface area contributed by atoms with Crippen LogP contribution >= 0.6 is 0 Å². The topological polar surface area (TPSA) is 113 Å². The molecular weight excluding hydrogens is 372 g/mol. The van der Waals surface area contributed by atoms with Gasteiger partial charge in [-0.05, 0) is 19.1 Å². The first-order valence-electron chi connectivity index (χ1n) is 8.25. The summed E-state index contributed by atoms with van der Waals surface area (Å²) in [5.74, 6) is -1.09. The van der Waals surface area contributed by atoms with Crippen LogP contribution in [0.2, 0.25) is 0 Å². The first kappa shape index (κ1) is 20.7. The number of ether oxygens (including phenoxy) is 1. The number of hydrogen-bond donors (Lipinski definition) is 2. The Hall–Kier alpha value is -2.65. The number of aliphatic carboxylic acids is 1. The number of hydrogen-bond acceptors (Lipinski definition) is 5. The van der Waals surface area contributed by atoms with Crippen LogP contribution < -0.4 is 10.1 Å². The van der Waals surface area contributed by atoms with Crippen molar-refractivity contribution in [2.24, 2.45) is 0 Å². The zero-order valence-electron chi connectivity index (χ0n) is 15.3. The number of carbonyl (C=O) groups excluding carboxylic acids is 1. The van der Waals surface area contributed by atoms with E-state index in [2.05, 4.69) is 5.32 Å². The normalized spacial score (nSPS) is 12.7. The minimum atomic E-state index is -4.15. The fourth-order valence-electron chi connectivity index (χ4n) is 2.76. The third kappa shape index (κ3) is 4.37. The second kappa shape index (κ2) is 8.36. The van der Waals surface area contributed by atoms with Crippen LogP contribution in [0.3, 0.4) is 0 Å². The molecular formula is C18H22N2O6S. The molecule has 0 aliphatic carbocycles. The maximum atomic E-state index is 13.3. The molecule has 0 heterocycles. The number of rotatable bonds is 8. The Balaban J connectivity index is 2.56. The largest absolute Gasteiger partial charge is 0.496 e. The van der Waals surface area contributed by atoms with Gasteiger partial charge in [-0.2, -0.15) is 4.31 Å². The van der Waals surface area contributed by atoms with Crippen molar-refractivity contribution in [1.29, 1.82) is 0 Å². The van der Waals surface area contributed by atoms with E-state index in [0.29, 0.717) is 16.5 Å². The molecule has 9 heteroatoms. The summed E-state index contributed by atoms with van der Waals surface area (Å²) in [4.78, 5) is 22.5. The molecule has 0 saturated carbocycles. The quantitative estimate of drug-likeness (QED) is 0.701. The van der Waals surface area contributed by atoms with Crippen LogP contribution in [-0.2, 0) is 19.6 Å². The molecule has 0 aromatic heterocycles. The Morgan fingerprint density at radius 2 is 1.81 bits per heavy atom. The standard InChI is InChI=1S/C18H22N2O6S/c1-12(18(22)23)20(11-10-19-13(2)21)27(24,25)17-9-8-16(26-3)14-6-4-5-7-15(14)17/h4-9,12H,10-11H2,1-3H3,(H,19,21)(H,22,23). The van der Waals surface area contributed by atoms with Crippen LogP contribution in [0, 0.1) is 0 Å². The molecule has 1 unspecified atom stereocenters. The third-order valence-corrected chi connectivity index (χ3v) is 6.17. The van der Waals surface area contributed by atoms with E-state index >= 15 is 0 Å². The van der Waals surface area contributed by atoms with Gasteiger partial charge in [-0.25, -0.2) is 8.42 Å². The van der Waals surface area contributed by atoms with Crippen molar-refractivity contribution < 1.29 is 27.9 Å². The lowest BCUT2D eigenvalue weighted by Gasteiger charge is -2.26. The van der Waals surface area contributed by atoms with Gasteiger partial charge in [0.05, 0.1) is 12.0 Å². The maximum Gasteiger partial charge on any atom is 0.321 e. The van der Waals surface area contributed by atoms with Crippen LogP contribution in [-0.4, -0.2) is 55.9 Å². The Morgan fingerprint density at radius 1 is 1.19 bits per heavy atom. The molecule has 1 amide bonds. The van der Waals surface area contributed by atoms with E-state index in [1.165, 1.54) is 33.1 Å². The summed E-state index contributed by atoms with van der Waals surface area (Å²) < 4.78 is 32.7. The summed E-state index contributed by atoms with van der Waals surface area (Å²) in [5.41, 5.74) is 0. The zero-order chi connectivity index (χ0) is 20.2. The molecule has 0 spiro atoms. The fourth-order valence-corrected chi connectivity index (χ4v) is 4.55. The van der Waals surface area contributed by atoms with Crippen molar-refractivity contribution in [3.8, 4) is 5.75 Å². The lowest BCUT2D eigenvalue weighted by Crippen LogP contribution is -2.46. The number of carbonyl (C=O) groups is 2. The molecule has 0 saturated heterocycles. The molecule has 1 atom stereocenters. The third-order valence-electron chi connectivity index (χ3n) is 4.15. The monoisotopic (exact) mass is 394 g/mol. The summed E-state index contributed by atoms with van der Waals surface area (Å²) in [5, 5.41) is 12.9. The van der Waals surface area contributed by atoms with Gasteiger partial charge in [0.2, 0.25) is 15.9 Å².